The molecule has 2 heterocycles. The molecular formula is C22H18F2N2O5. The van der Waals surface area contributed by atoms with Gasteiger partial charge in [-0.1, -0.05) is 6.07 Å². The van der Waals surface area contributed by atoms with Crippen LogP contribution in [0.4, 0.5) is 14.5 Å². The molecule has 4 rings (SSSR count). The average Bonchev–Trinajstić information content (AvgIpc) is 3.11. The van der Waals surface area contributed by atoms with Crippen LogP contribution in [0.3, 0.4) is 0 Å². The van der Waals surface area contributed by atoms with Crippen LogP contribution in [-0.4, -0.2) is 35.8 Å². The molecule has 0 spiro atoms. The molecule has 3 aromatic rings. The number of carboxylic acid groups (broad SMARTS) is 1. The molecule has 2 aromatic carbocycles. The first kappa shape index (κ1) is 20.4. The first-order chi connectivity index (χ1) is 14.8. The summed E-state index contributed by atoms with van der Waals surface area (Å²) in [5.41, 5.74) is 1.06. The fraction of sp³-hybridized carbons (Fsp3) is 0.182. The lowest BCUT2D eigenvalue weighted by Gasteiger charge is -2.26. The number of rotatable bonds is 5. The quantitative estimate of drug-likeness (QED) is 0.643. The zero-order chi connectivity index (χ0) is 22.3. The molecule has 1 amide bonds. The summed E-state index contributed by atoms with van der Waals surface area (Å²) < 4.78 is 39.8. The van der Waals surface area contributed by atoms with Gasteiger partial charge < -0.3 is 24.5 Å². The number of benzene rings is 2. The number of methoxy groups -OCH3 is 2. The number of anilines is 1. The molecule has 0 aliphatic carbocycles. The molecule has 1 atom stereocenters. The topological polar surface area (TPSA) is 89.8 Å². The second-order valence-corrected chi connectivity index (χ2v) is 7.03. The van der Waals surface area contributed by atoms with Crippen LogP contribution in [0.25, 0.3) is 5.69 Å². The maximum absolute atomic E-state index is 13.9. The molecular weight excluding hydrogens is 410 g/mol. The molecule has 1 aliphatic heterocycles. The van der Waals surface area contributed by atoms with Gasteiger partial charge in [-0.25, -0.2) is 13.6 Å². The molecule has 0 saturated heterocycles. The number of aromatic nitrogens is 1. The largest absolute Gasteiger partial charge is 0.493 e. The smallest absolute Gasteiger partial charge is 0.339 e. The number of nitrogens with one attached hydrogen (secondary N) is 1. The third-order valence-electron chi connectivity index (χ3n) is 5.19. The minimum atomic E-state index is -1.28. The Labute approximate surface area is 175 Å². The molecule has 1 aromatic heterocycles. The number of hydrogen-bond donors (Lipinski definition) is 2. The molecule has 0 bridgehead atoms. The van der Waals surface area contributed by atoms with Crippen molar-refractivity contribution >= 4 is 17.6 Å². The van der Waals surface area contributed by atoms with E-state index in [9.17, 15) is 23.5 Å². The third-order valence-corrected chi connectivity index (χ3v) is 5.19. The highest BCUT2D eigenvalue weighted by Gasteiger charge is 2.35. The summed E-state index contributed by atoms with van der Waals surface area (Å²) >= 11 is 0. The molecule has 0 unspecified atom stereocenters. The van der Waals surface area contributed by atoms with Gasteiger partial charge in [0.25, 0.3) is 0 Å². The first-order valence-corrected chi connectivity index (χ1v) is 9.29. The van der Waals surface area contributed by atoms with Crippen LogP contribution in [0.1, 0.15) is 34.0 Å². The number of fused-ring (bicyclic) bond motifs is 1. The summed E-state index contributed by atoms with van der Waals surface area (Å²) in [6, 6.07) is 8.01. The van der Waals surface area contributed by atoms with Crippen LogP contribution in [-0.2, 0) is 4.79 Å². The lowest BCUT2D eigenvalue weighted by atomic mass is 9.88. The lowest BCUT2D eigenvalue weighted by Crippen LogP contribution is -2.25. The van der Waals surface area contributed by atoms with Crippen LogP contribution in [0, 0.1) is 11.6 Å². The summed E-state index contributed by atoms with van der Waals surface area (Å²) in [7, 11) is 2.97. The highest BCUT2D eigenvalue weighted by Crippen LogP contribution is 2.43. The van der Waals surface area contributed by atoms with E-state index in [0.717, 1.165) is 18.2 Å². The van der Waals surface area contributed by atoms with Crippen molar-refractivity contribution in [2.24, 2.45) is 0 Å². The zero-order valence-electron chi connectivity index (χ0n) is 16.6. The lowest BCUT2D eigenvalue weighted by molar-refractivity contribution is -0.116. The Balaban J connectivity index is 1.97. The fourth-order valence-electron chi connectivity index (χ4n) is 3.87. The van der Waals surface area contributed by atoms with Gasteiger partial charge in [0, 0.05) is 24.6 Å². The Bertz CT molecular complexity index is 1180. The van der Waals surface area contributed by atoms with E-state index in [-0.39, 0.29) is 29.3 Å². The predicted octanol–water partition coefficient (Wildman–Crippen LogP) is 3.95. The van der Waals surface area contributed by atoms with Gasteiger partial charge in [0.2, 0.25) is 5.91 Å². The molecule has 160 valence electrons. The maximum Gasteiger partial charge on any atom is 0.339 e. The Morgan fingerprint density at radius 1 is 1.10 bits per heavy atom. The summed E-state index contributed by atoms with van der Waals surface area (Å²) in [5, 5.41) is 12.3. The van der Waals surface area contributed by atoms with Crippen molar-refractivity contribution in [3.63, 3.8) is 0 Å². The Hall–Kier alpha value is -3.88. The first-order valence-electron chi connectivity index (χ1n) is 9.29. The fourth-order valence-corrected chi connectivity index (χ4v) is 3.87. The van der Waals surface area contributed by atoms with E-state index in [4.69, 9.17) is 9.47 Å². The van der Waals surface area contributed by atoms with E-state index >= 15 is 0 Å². The van der Waals surface area contributed by atoms with Gasteiger partial charge in [-0.3, -0.25) is 4.79 Å². The molecule has 31 heavy (non-hydrogen) atoms. The minimum absolute atomic E-state index is 0.00333. The van der Waals surface area contributed by atoms with E-state index in [0.29, 0.717) is 22.8 Å². The Kier molecular flexibility index (Phi) is 5.10. The van der Waals surface area contributed by atoms with Gasteiger partial charge in [0.15, 0.2) is 11.5 Å². The molecule has 0 saturated carbocycles. The van der Waals surface area contributed by atoms with Crippen molar-refractivity contribution in [2.75, 3.05) is 19.5 Å². The van der Waals surface area contributed by atoms with Crippen LogP contribution in [0.5, 0.6) is 11.5 Å². The van der Waals surface area contributed by atoms with Gasteiger partial charge in [0.1, 0.15) is 17.2 Å². The van der Waals surface area contributed by atoms with Crippen molar-refractivity contribution in [1.82, 2.24) is 4.57 Å². The number of carboxylic acids is 1. The monoisotopic (exact) mass is 428 g/mol. The number of carbonyl (C=O) groups is 2. The van der Waals surface area contributed by atoms with Crippen LogP contribution in [0.15, 0.2) is 42.6 Å². The number of carbonyl (C=O) groups excluding carboxylic acids is 1. The van der Waals surface area contributed by atoms with E-state index in [1.807, 2.05) is 0 Å². The van der Waals surface area contributed by atoms with Crippen molar-refractivity contribution < 1.29 is 33.0 Å². The van der Waals surface area contributed by atoms with Gasteiger partial charge in [0.05, 0.1) is 31.3 Å². The second-order valence-electron chi connectivity index (χ2n) is 7.03. The molecule has 2 N–H and O–H groups in total. The van der Waals surface area contributed by atoms with Crippen molar-refractivity contribution in [3.8, 4) is 17.2 Å². The van der Waals surface area contributed by atoms with Gasteiger partial charge in [-0.05, 0) is 29.8 Å². The molecule has 0 fully saturated rings. The van der Waals surface area contributed by atoms with E-state index in [2.05, 4.69) is 5.32 Å². The zero-order valence-corrected chi connectivity index (χ0v) is 16.6. The maximum atomic E-state index is 13.9. The van der Waals surface area contributed by atoms with Crippen molar-refractivity contribution in [2.45, 2.75) is 12.3 Å². The van der Waals surface area contributed by atoms with Crippen molar-refractivity contribution in [1.29, 1.82) is 0 Å². The average molecular weight is 428 g/mol. The van der Waals surface area contributed by atoms with E-state index in [1.54, 1.807) is 18.2 Å². The highest BCUT2D eigenvalue weighted by molar-refractivity contribution is 6.04. The predicted molar refractivity (Wildman–Crippen MR) is 107 cm³/mol. The Morgan fingerprint density at radius 2 is 1.77 bits per heavy atom. The Morgan fingerprint density at radius 3 is 2.39 bits per heavy atom. The van der Waals surface area contributed by atoms with E-state index in [1.165, 1.54) is 25.0 Å². The van der Waals surface area contributed by atoms with E-state index < -0.39 is 23.5 Å². The van der Waals surface area contributed by atoms with Gasteiger partial charge >= 0.3 is 5.97 Å². The minimum Gasteiger partial charge on any atom is -0.493 e. The summed E-state index contributed by atoms with van der Waals surface area (Å²) in [6.07, 6.45) is 1.25. The molecule has 0 radical (unpaired) electrons. The van der Waals surface area contributed by atoms with Crippen LogP contribution in [0.2, 0.25) is 0 Å². The summed E-state index contributed by atoms with van der Waals surface area (Å²) in [4.78, 5) is 24.3. The third kappa shape index (κ3) is 3.58. The molecule has 7 nitrogen and oxygen atoms in total. The van der Waals surface area contributed by atoms with Gasteiger partial charge in [-0.2, -0.15) is 0 Å². The van der Waals surface area contributed by atoms with Gasteiger partial charge in [-0.15, -0.1) is 0 Å². The van der Waals surface area contributed by atoms with Crippen LogP contribution < -0.4 is 14.8 Å². The molecule has 9 heteroatoms. The number of hydrogen-bond acceptors (Lipinski definition) is 4. The molecule has 1 aliphatic rings. The number of halogens is 2. The summed E-state index contributed by atoms with van der Waals surface area (Å²) in [5.74, 6) is -2.95. The SMILES string of the molecule is COc1ccc([C@H]2CC(=O)Nc3c(C(=O)O)cn(-c4cc(F)cc(F)c4)c32)cc1OC. The standard InChI is InChI=1S/C22H18F2N2O5/c1-30-17-4-3-11(5-18(17)31-2)15-9-19(27)25-20-16(22(28)29)10-26(21(15)20)14-7-12(23)6-13(24)8-14/h3-8,10,15H,9H2,1-2H3,(H,25,27)(H,28,29)/t15-/m1/s1. The second kappa shape index (κ2) is 7.75. The highest BCUT2D eigenvalue weighted by atomic mass is 19.1. The number of nitrogens with zero attached hydrogens (tertiary/aromatic N) is 1. The number of ether oxygens (including phenoxy) is 2. The summed E-state index contributed by atoms with van der Waals surface area (Å²) in [6.45, 7) is 0. The number of aromatic carboxylic acids is 1. The normalized spacial score (nSPS) is 15.2. The van der Waals surface area contributed by atoms with Crippen LogP contribution >= 0.6 is 0 Å². The van der Waals surface area contributed by atoms with Crippen molar-refractivity contribution in [3.05, 3.63) is 71.1 Å². The number of amides is 1.